The van der Waals surface area contributed by atoms with Crippen LogP contribution in [0.2, 0.25) is 0 Å². The third-order valence-electron chi connectivity index (χ3n) is 4.81. The van der Waals surface area contributed by atoms with Crippen LogP contribution in [0.15, 0.2) is 60.2 Å². The van der Waals surface area contributed by atoms with Crippen molar-refractivity contribution in [3.63, 3.8) is 0 Å². The summed E-state index contributed by atoms with van der Waals surface area (Å²) in [6.45, 7) is 8.45. The zero-order chi connectivity index (χ0) is 23.0. The van der Waals surface area contributed by atoms with Crippen molar-refractivity contribution in [2.45, 2.75) is 20.3 Å². The van der Waals surface area contributed by atoms with Gasteiger partial charge in [-0.1, -0.05) is 38.7 Å². The summed E-state index contributed by atoms with van der Waals surface area (Å²) >= 11 is 0. The molecule has 0 saturated carbocycles. The number of hydrazine groups is 1. The number of anilines is 1. The molecule has 1 aromatic heterocycles. The van der Waals surface area contributed by atoms with Gasteiger partial charge in [-0.3, -0.25) is 9.80 Å². The zero-order valence-corrected chi connectivity index (χ0v) is 18.0. The van der Waals surface area contributed by atoms with Gasteiger partial charge < -0.3 is 16.5 Å². The largest absolute Gasteiger partial charge is 0.383 e. The van der Waals surface area contributed by atoms with E-state index in [1.54, 1.807) is 12.3 Å². The second-order valence-electron chi connectivity index (χ2n) is 7.36. The van der Waals surface area contributed by atoms with E-state index < -0.39 is 5.83 Å². The van der Waals surface area contributed by atoms with Gasteiger partial charge in [0.25, 0.3) is 0 Å². The van der Waals surface area contributed by atoms with Gasteiger partial charge in [0.05, 0.1) is 12.1 Å². The number of halogens is 1. The van der Waals surface area contributed by atoms with E-state index in [-0.39, 0.29) is 30.0 Å². The van der Waals surface area contributed by atoms with E-state index in [9.17, 15) is 9.18 Å². The minimum Gasteiger partial charge on any atom is -0.383 e. The minimum atomic E-state index is -0.473. The van der Waals surface area contributed by atoms with Crippen molar-refractivity contribution >= 4 is 23.1 Å². The van der Waals surface area contributed by atoms with Crippen LogP contribution in [-0.2, 0) is 4.79 Å². The Kier molecular flexibility index (Phi) is 8.51. The minimum absolute atomic E-state index is 0.0159. The number of rotatable bonds is 7. The number of nitrogens with zero attached hydrogens (tertiary/aromatic N) is 4. The number of hydrogen-bond acceptors (Lipinski definition) is 6. The summed E-state index contributed by atoms with van der Waals surface area (Å²) in [6, 6.07) is 1.80. The molecule has 8 nitrogen and oxygen atoms in total. The summed E-state index contributed by atoms with van der Waals surface area (Å²) in [5.74, 6) is 11.6. The summed E-state index contributed by atoms with van der Waals surface area (Å²) in [4.78, 5) is 18.3. The van der Waals surface area contributed by atoms with Gasteiger partial charge in [0.2, 0.25) is 5.91 Å². The lowest BCUT2D eigenvalue weighted by Crippen LogP contribution is -2.39. The fraction of sp³-hybridized carbons (Fsp3) is 0.318. The molecule has 0 aromatic carbocycles. The Morgan fingerprint density at radius 2 is 2.23 bits per heavy atom. The molecule has 0 bridgehead atoms. The molecular formula is C22H30FN7O. The van der Waals surface area contributed by atoms with Crippen LogP contribution in [0, 0.1) is 5.92 Å². The maximum Gasteiger partial charge on any atom is 0.225 e. The Morgan fingerprint density at radius 3 is 2.81 bits per heavy atom. The maximum atomic E-state index is 13.7. The molecule has 0 unspecified atom stereocenters. The number of carbonyl (C=O) groups is 1. The van der Waals surface area contributed by atoms with Crippen LogP contribution in [0.4, 0.5) is 10.2 Å². The van der Waals surface area contributed by atoms with Crippen LogP contribution < -0.4 is 17.4 Å². The zero-order valence-electron chi connectivity index (χ0n) is 18.0. The molecule has 166 valence electrons. The topological polar surface area (TPSA) is 127 Å². The lowest BCUT2D eigenvalue weighted by molar-refractivity contribution is -0.134. The summed E-state index contributed by atoms with van der Waals surface area (Å²) in [6.07, 6.45) is 9.85. The van der Waals surface area contributed by atoms with Crippen LogP contribution in [0.25, 0.3) is 5.57 Å². The number of amides is 1. The molecule has 0 saturated heterocycles. The fourth-order valence-corrected chi connectivity index (χ4v) is 3.13. The normalized spacial score (nSPS) is 15.4. The number of aromatic nitrogens is 1. The lowest BCUT2D eigenvalue weighted by atomic mass is 9.98. The summed E-state index contributed by atoms with van der Waals surface area (Å²) in [7, 11) is 0. The fourth-order valence-electron chi connectivity index (χ4n) is 3.13. The molecule has 1 amide bonds. The van der Waals surface area contributed by atoms with Crippen LogP contribution in [0.1, 0.15) is 31.4 Å². The predicted molar refractivity (Wildman–Crippen MR) is 123 cm³/mol. The van der Waals surface area contributed by atoms with Crippen molar-refractivity contribution in [3.8, 4) is 0 Å². The Morgan fingerprint density at radius 1 is 1.48 bits per heavy atom. The third kappa shape index (κ3) is 6.26. The molecule has 9 heteroatoms. The SMILES string of the molecule is C=C/C=C\C(F)=C/CN(N)/C(=N\N)c1cc(C2=CCN(C(=O)C(C)C)CC2)cnc1N. The highest BCUT2D eigenvalue weighted by molar-refractivity contribution is 6.02. The number of hydrogen-bond donors (Lipinski definition) is 3. The van der Waals surface area contributed by atoms with Crippen molar-refractivity contribution in [2.24, 2.45) is 22.7 Å². The highest BCUT2D eigenvalue weighted by atomic mass is 19.1. The number of carbonyl (C=O) groups excluding carboxylic acids is 1. The molecule has 0 aliphatic carbocycles. The summed E-state index contributed by atoms with van der Waals surface area (Å²) in [5, 5.41) is 4.93. The number of pyridine rings is 1. The highest BCUT2D eigenvalue weighted by Crippen LogP contribution is 2.25. The maximum absolute atomic E-state index is 13.7. The van der Waals surface area contributed by atoms with Crippen molar-refractivity contribution in [3.05, 3.63) is 66.2 Å². The first-order valence-electron chi connectivity index (χ1n) is 9.97. The quantitative estimate of drug-likeness (QED) is 0.201. The first-order valence-corrected chi connectivity index (χ1v) is 9.97. The van der Waals surface area contributed by atoms with Gasteiger partial charge in [-0.25, -0.2) is 15.2 Å². The molecule has 0 atom stereocenters. The van der Waals surface area contributed by atoms with Crippen molar-refractivity contribution in [2.75, 3.05) is 25.4 Å². The highest BCUT2D eigenvalue weighted by Gasteiger charge is 2.21. The van der Waals surface area contributed by atoms with Gasteiger partial charge in [0.15, 0.2) is 5.84 Å². The second-order valence-corrected chi connectivity index (χ2v) is 7.36. The molecule has 6 N–H and O–H groups in total. The van der Waals surface area contributed by atoms with E-state index in [4.69, 9.17) is 17.4 Å². The van der Waals surface area contributed by atoms with E-state index in [2.05, 4.69) is 16.7 Å². The predicted octanol–water partition coefficient (Wildman–Crippen LogP) is 2.33. The molecule has 2 rings (SSSR count). The number of allylic oxidation sites excluding steroid dienone is 4. The smallest absolute Gasteiger partial charge is 0.225 e. The van der Waals surface area contributed by atoms with Crippen molar-refractivity contribution in [1.82, 2.24) is 14.9 Å². The summed E-state index contributed by atoms with van der Waals surface area (Å²) in [5.41, 5.74) is 8.36. The Bertz CT molecular complexity index is 934. The van der Waals surface area contributed by atoms with Gasteiger partial charge in [-0.2, -0.15) is 5.10 Å². The van der Waals surface area contributed by atoms with E-state index in [1.165, 1.54) is 29.3 Å². The monoisotopic (exact) mass is 427 g/mol. The summed E-state index contributed by atoms with van der Waals surface area (Å²) < 4.78 is 13.7. The number of amidine groups is 1. The number of hydrazone groups is 1. The standard InChI is InChI=1S/C22H30FN7O/c1-4-5-6-18(23)9-12-30(26)21(28-25)19-13-17(14-27-20(19)24)16-7-10-29(11-8-16)22(31)15(2)3/h4-7,9,13-15H,1,8,10-12,25-26H2,2-3H3,(H2,24,27)/b6-5-,18-9+,28-21-. The molecule has 2 heterocycles. The number of nitrogen functional groups attached to an aromatic ring is 1. The molecule has 0 spiro atoms. The van der Waals surface area contributed by atoms with E-state index in [1.807, 2.05) is 24.8 Å². The Labute approximate surface area is 182 Å². The first kappa shape index (κ1) is 23.8. The van der Waals surface area contributed by atoms with Crippen molar-refractivity contribution in [1.29, 1.82) is 0 Å². The first-order chi connectivity index (χ1) is 14.8. The van der Waals surface area contributed by atoms with Crippen molar-refractivity contribution < 1.29 is 9.18 Å². The molecular weight excluding hydrogens is 397 g/mol. The average Bonchev–Trinajstić information content (AvgIpc) is 2.77. The number of nitrogens with two attached hydrogens (primary N) is 3. The van der Waals surface area contributed by atoms with Crippen LogP contribution in [0.3, 0.4) is 0 Å². The van der Waals surface area contributed by atoms with Gasteiger partial charge in [0.1, 0.15) is 11.6 Å². The lowest BCUT2D eigenvalue weighted by Gasteiger charge is -2.28. The molecule has 0 fully saturated rings. The van der Waals surface area contributed by atoms with Crippen LogP contribution in [0.5, 0.6) is 0 Å². The molecule has 1 aliphatic heterocycles. The molecule has 31 heavy (non-hydrogen) atoms. The van der Waals surface area contributed by atoms with Gasteiger partial charge >= 0.3 is 0 Å². The van der Waals surface area contributed by atoms with Crippen LogP contribution >= 0.6 is 0 Å². The molecule has 1 aromatic rings. The second kappa shape index (κ2) is 11.1. The van der Waals surface area contributed by atoms with Crippen LogP contribution in [-0.4, -0.2) is 46.3 Å². The van der Waals surface area contributed by atoms with Gasteiger partial charge in [-0.05, 0) is 35.8 Å². The molecule has 1 aliphatic rings. The Hall–Kier alpha value is -3.46. The van der Waals surface area contributed by atoms with E-state index in [0.29, 0.717) is 25.1 Å². The average molecular weight is 428 g/mol. The molecule has 0 radical (unpaired) electrons. The van der Waals surface area contributed by atoms with E-state index in [0.717, 1.165) is 11.1 Å². The Balaban J connectivity index is 2.22. The third-order valence-corrected chi connectivity index (χ3v) is 4.81. The van der Waals surface area contributed by atoms with E-state index >= 15 is 0 Å². The van der Waals surface area contributed by atoms with Gasteiger partial charge in [0, 0.05) is 25.2 Å². The van der Waals surface area contributed by atoms with Gasteiger partial charge in [-0.15, -0.1) is 0 Å².